The van der Waals surface area contributed by atoms with Gasteiger partial charge in [0.2, 0.25) is 0 Å². The third-order valence-corrected chi connectivity index (χ3v) is 6.48. The Kier molecular flexibility index (Phi) is 7.13. The van der Waals surface area contributed by atoms with Gasteiger partial charge in [-0.25, -0.2) is 0 Å². The van der Waals surface area contributed by atoms with E-state index in [1.165, 1.54) is 6.20 Å². The van der Waals surface area contributed by atoms with Crippen LogP contribution in [0, 0.1) is 22.7 Å². The zero-order chi connectivity index (χ0) is 23.4. The van der Waals surface area contributed by atoms with Gasteiger partial charge < -0.3 is 10.0 Å². The van der Waals surface area contributed by atoms with Gasteiger partial charge in [0.05, 0.1) is 52.3 Å². The van der Waals surface area contributed by atoms with Crippen molar-refractivity contribution in [2.45, 2.75) is 12.1 Å². The molecule has 0 radical (unpaired) electrons. The first-order valence-electron chi connectivity index (χ1n) is 10.5. The Bertz CT molecular complexity index is 1200. The Labute approximate surface area is 202 Å². The summed E-state index contributed by atoms with van der Waals surface area (Å²) in [5.41, 5.74) is 3.63. The van der Waals surface area contributed by atoms with Crippen molar-refractivity contribution in [3.05, 3.63) is 93.2 Å². The fourth-order valence-electron chi connectivity index (χ4n) is 4.22. The van der Waals surface area contributed by atoms with Crippen LogP contribution in [0.15, 0.2) is 60.8 Å². The average Bonchev–Trinajstić information content (AvgIpc) is 2.85. The number of rotatable bonds is 5. The first-order valence-corrected chi connectivity index (χ1v) is 11.2. The van der Waals surface area contributed by atoms with Crippen molar-refractivity contribution < 1.29 is 5.11 Å². The molecule has 1 N–H and O–H groups in total. The number of piperazine rings is 1. The maximum atomic E-state index is 10.2. The number of benzene rings is 2. The Hall–Kier alpha value is -3.13. The minimum absolute atomic E-state index is 0.0612. The van der Waals surface area contributed by atoms with Crippen molar-refractivity contribution in [1.82, 2.24) is 9.88 Å². The van der Waals surface area contributed by atoms with E-state index < -0.39 is 0 Å². The number of nitrogens with zero attached hydrogens (tertiary/aromatic N) is 5. The van der Waals surface area contributed by atoms with E-state index in [0.717, 1.165) is 16.9 Å². The van der Waals surface area contributed by atoms with Gasteiger partial charge in [-0.1, -0.05) is 35.3 Å². The molecule has 0 amide bonds. The van der Waals surface area contributed by atoms with Gasteiger partial charge in [0.25, 0.3) is 0 Å². The molecule has 6 nitrogen and oxygen atoms in total. The second-order valence-corrected chi connectivity index (χ2v) is 8.66. The van der Waals surface area contributed by atoms with Gasteiger partial charge in [0.1, 0.15) is 6.07 Å². The monoisotopic (exact) mass is 477 g/mol. The van der Waals surface area contributed by atoms with E-state index in [9.17, 15) is 10.4 Å². The standard InChI is InChI=1S/C25H21Cl2N5O/c26-20-5-3-19(4-6-20)24-15-31(25(16-33)22-7-1-18(13-29)14-30-22)9-10-32(24)23-8-2-17(12-28)11-21(23)27/h1-8,11,14,24-25,33H,9-10,15-16H2/t24-,25+/m0/s1. The molecule has 0 aliphatic carbocycles. The minimum atomic E-state index is -0.300. The lowest BCUT2D eigenvalue weighted by atomic mass is 9.99. The third-order valence-electron chi connectivity index (χ3n) is 5.92. The van der Waals surface area contributed by atoms with Crippen LogP contribution in [0.5, 0.6) is 0 Å². The van der Waals surface area contributed by atoms with Crippen molar-refractivity contribution in [3.8, 4) is 12.1 Å². The van der Waals surface area contributed by atoms with Crippen LogP contribution in [0.3, 0.4) is 0 Å². The van der Waals surface area contributed by atoms with E-state index in [4.69, 9.17) is 28.5 Å². The molecule has 2 atom stereocenters. The first-order chi connectivity index (χ1) is 16.0. The molecule has 2 heterocycles. The highest BCUT2D eigenvalue weighted by Gasteiger charge is 2.33. The molecular formula is C25H21Cl2N5O. The van der Waals surface area contributed by atoms with Crippen molar-refractivity contribution in [3.63, 3.8) is 0 Å². The molecule has 0 saturated carbocycles. The quantitative estimate of drug-likeness (QED) is 0.571. The number of nitriles is 2. The lowest BCUT2D eigenvalue weighted by Crippen LogP contribution is -2.50. The smallest absolute Gasteiger partial charge is 0.101 e. The second-order valence-electron chi connectivity index (χ2n) is 7.82. The maximum absolute atomic E-state index is 10.2. The van der Waals surface area contributed by atoms with Crippen LogP contribution in [-0.4, -0.2) is 41.2 Å². The number of hydrogen-bond acceptors (Lipinski definition) is 6. The highest BCUT2D eigenvalue weighted by atomic mass is 35.5. The molecular weight excluding hydrogens is 457 g/mol. The summed E-state index contributed by atoms with van der Waals surface area (Å²) in [5, 5.41) is 29.6. The molecule has 1 aliphatic heterocycles. The van der Waals surface area contributed by atoms with Crippen LogP contribution in [0.2, 0.25) is 10.0 Å². The molecule has 1 saturated heterocycles. The summed E-state index contributed by atoms with van der Waals surface area (Å²) in [7, 11) is 0. The molecule has 3 aromatic rings. The predicted octanol–water partition coefficient (Wildman–Crippen LogP) is 4.73. The SMILES string of the molecule is N#Cc1ccc([C@@H](CO)N2CCN(c3ccc(C#N)cc3Cl)[C@H](c3ccc(Cl)cc3)C2)nc1. The summed E-state index contributed by atoms with van der Waals surface area (Å²) < 4.78 is 0. The lowest BCUT2D eigenvalue weighted by molar-refractivity contribution is 0.100. The Morgan fingerprint density at radius 1 is 1.00 bits per heavy atom. The van der Waals surface area contributed by atoms with E-state index in [-0.39, 0.29) is 18.7 Å². The summed E-state index contributed by atoms with van der Waals surface area (Å²) in [6.45, 7) is 1.85. The number of aliphatic hydroxyl groups excluding tert-OH is 1. The highest BCUT2D eigenvalue weighted by Crippen LogP contribution is 2.37. The summed E-state index contributed by atoms with van der Waals surface area (Å²) in [5.74, 6) is 0. The van der Waals surface area contributed by atoms with Crippen molar-refractivity contribution in [2.75, 3.05) is 31.1 Å². The van der Waals surface area contributed by atoms with Crippen molar-refractivity contribution in [2.24, 2.45) is 0 Å². The van der Waals surface area contributed by atoms with Gasteiger partial charge in [-0.05, 0) is 48.0 Å². The van der Waals surface area contributed by atoms with Crippen molar-refractivity contribution >= 4 is 28.9 Å². The number of halogens is 2. The van der Waals surface area contributed by atoms with Crippen molar-refractivity contribution in [1.29, 1.82) is 10.5 Å². The van der Waals surface area contributed by atoms with Crippen LogP contribution < -0.4 is 4.90 Å². The summed E-state index contributed by atoms with van der Waals surface area (Å²) in [4.78, 5) is 8.83. The van der Waals surface area contributed by atoms with E-state index in [0.29, 0.717) is 40.8 Å². The van der Waals surface area contributed by atoms with Gasteiger partial charge in [-0.2, -0.15) is 10.5 Å². The van der Waals surface area contributed by atoms with E-state index in [1.807, 2.05) is 30.3 Å². The van der Waals surface area contributed by atoms with Gasteiger partial charge in [0.15, 0.2) is 0 Å². The number of aliphatic hydroxyl groups is 1. The molecule has 0 bridgehead atoms. The molecule has 1 fully saturated rings. The first kappa shape index (κ1) is 23.0. The van der Waals surface area contributed by atoms with Crippen LogP contribution in [0.4, 0.5) is 5.69 Å². The molecule has 1 aromatic heterocycles. The van der Waals surface area contributed by atoms with E-state index in [1.54, 1.807) is 24.3 Å². The van der Waals surface area contributed by atoms with Crippen LogP contribution in [0.25, 0.3) is 0 Å². The van der Waals surface area contributed by atoms with Gasteiger partial charge >= 0.3 is 0 Å². The molecule has 0 spiro atoms. The Morgan fingerprint density at radius 2 is 1.73 bits per heavy atom. The number of pyridine rings is 1. The van der Waals surface area contributed by atoms with E-state index >= 15 is 0 Å². The van der Waals surface area contributed by atoms with Crippen LogP contribution in [0.1, 0.15) is 34.5 Å². The molecule has 4 rings (SSSR count). The zero-order valence-electron chi connectivity index (χ0n) is 17.7. The molecule has 8 heteroatoms. The van der Waals surface area contributed by atoms with Gasteiger partial charge in [0, 0.05) is 30.9 Å². The third kappa shape index (κ3) is 4.95. The van der Waals surface area contributed by atoms with Gasteiger partial charge in [-0.15, -0.1) is 0 Å². The average molecular weight is 478 g/mol. The predicted molar refractivity (Wildman–Crippen MR) is 128 cm³/mol. The normalized spacial score (nSPS) is 17.2. The molecule has 33 heavy (non-hydrogen) atoms. The number of hydrogen-bond donors (Lipinski definition) is 1. The summed E-state index contributed by atoms with van der Waals surface area (Å²) in [6, 6.07) is 20.4. The van der Waals surface area contributed by atoms with Crippen LogP contribution in [-0.2, 0) is 0 Å². The number of anilines is 1. The molecule has 0 unspecified atom stereocenters. The van der Waals surface area contributed by atoms with E-state index in [2.05, 4.69) is 26.9 Å². The topological polar surface area (TPSA) is 87.2 Å². The minimum Gasteiger partial charge on any atom is -0.394 e. The highest BCUT2D eigenvalue weighted by molar-refractivity contribution is 6.33. The fourth-order valence-corrected chi connectivity index (χ4v) is 4.63. The fraction of sp³-hybridized carbons (Fsp3) is 0.240. The second kappa shape index (κ2) is 10.2. The molecule has 166 valence electrons. The molecule has 2 aromatic carbocycles. The number of aromatic nitrogens is 1. The lowest BCUT2D eigenvalue weighted by Gasteiger charge is -2.45. The maximum Gasteiger partial charge on any atom is 0.101 e. The summed E-state index contributed by atoms with van der Waals surface area (Å²) in [6.07, 6.45) is 1.53. The Morgan fingerprint density at radius 3 is 2.33 bits per heavy atom. The van der Waals surface area contributed by atoms with Gasteiger partial charge in [-0.3, -0.25) is 9.88 Å². The summed E-state index contributed by atoms with van der Waals surface area (Å²) >= 11 is 12.7. The largest absolute Gasteiger partial charge is 0.394 e. The zero-order valence-corrected chi connectivity index (χ0v) is 19.2. The molecule has 1 aliphatic rings. The van der Waals surface area contributed by atoms with Crippen LogP contribution >= 0.6 is 23.2 Å². The Balaban J connectivity index is 1.68.